The number of amides is 1. The summed E-state index contributed by atoms with van der Waals surface area (Å²) in [5.41, 5.74) is 0.929. The molecule has 0 radical (unpaired) electrons. The molecule has 1 N–H and O–H groups in total. The Morgan fingerprint density at radius 3 is 2.95 bits per heavy atom. The summed E-state index contributed by atoms with van der Waals surface area (Å²) in [6.45, 7) is 2.05. The van der Waals surface area contributed by atoms with E-state index >= 15 is 0 Å². The van der Waals surface area contributed by atoms with Crippen LogP contribution >= 0.6 is 11.6 Å². The third-order valence-electron chi connectivity index (χ3n) is 3.04. The number of halogens is 2. The number of rotatable bonds is 6. The Labute approximate surface area is 133 Å². The van der Waals surface area contributed by atoms with Crippen LogP contribution in [0, 0.1) is 5.82 Å². The molecule has 0 aliphatic heterocycles. The van der Waals surface area contributed by atoms with E-state index < -0.39 is 5.82 Å². The van der Waals surface area contributed by atoms with E-state index in [0.717, 1.165) is 5.56 Å². The maximum absolute atomic E-state index is 12.9. The second kappa shape index (κ2) is 7.75. The molecular weight excluding hydrogens is 307 g/mol. The van der Waals surface area contributed by atoms with Gasteiger partial charge in [-0.05, 0) is 36.8 Å². The third kappa shape index (κ3) is 4.70. The molecule has 22 heavy (non-hydrogen) atoms. The Kier molecular flexibility index (Phi) is 5.72. The van der Waals surface area contributed by atoms with Gasteiger partial charge >= 0.3 is 0 Å². The standard InChI is InChI=1S/C16H16ClFN2O2/c1-11(12-3-2-7-19-10-12)20-16(21)6-8-22-15-5-4-13(18)9-14(15)17/h2-5,7,9-11H,6,8H2,1H3,(H,20,21)/t11-/m1/s1. The van der Waals surface area contributed by atoms with Gasteiger partial charge in [-0.15, -0.1) is 0 Å². The van der Waals surface area contributed by atoms with Gasteiger partial charge < -0.3 is 10.1 Å². The number of carbonyl (C=O) groups excluding carboxylic acids is 1. The normalized spacial score (nSPS) is 11.8. The van der Waals surface area contributed by atoms with Gasteiger partial charge in [-0.3, -0.25) is 9.78 Å². The lowest BCUT2D eigenvalue weighted by Crippen LogP contribution is -2.27. The molecule has 2 rings (SSSR count). The molecule has 0 spiro atoms. The Hall–Kier alpha value is -2.14. The number of ether oxygens (including phenoxy) is 1. The lowest BCUT2D eigenvalue weighted by atomic mass is 10.1. The number of carbonyl (C=O) groups is 1. The minimum absolute atomic E-state index is 0.129. The van der Waals surface area contributed by atoms with Crippen LogP contribution in [0.2, 0.25) is 5.02 Å². The quantitative estimate of drug-likeness (QED) is 0.885. The van der Waals surface area contributed by atoms with Gasteiger partial charge in [-0.25, -0.2) is 4.39 Å². The fourth-order valence-electron chi connectivity index (χ4n) is 1.88. The highest BCUT2D eigenvalue weighted by Crippen LogP contribution is 2.24. The zero-order valence-corrected chi connectivity index (χ0v) is 12.8. The van der Waals surface area contributed by atoms with E-state index in [1.165, 1.54) is 18.2 Å². The fourth-order valence-corrected chi connectivity index (χ4v) is 2.10. The molecule has 2 aromatic rings. The zero-order chi connectivity index (χ0) is 15.9. The van der Waals surface area contributed by atoms with E-state index in [9.17, 15) is 9.18 Å². The van der Waals surface area contributed by atoms with E-state index in [0.29, 0.717) is 5.75 Å². The van der Waals surface area contributed by atoms with Gasteiger partial charge in [0.15, 0.2) is 0 Å². The van der Waals surface area contributed by atoms with Crippen LogP contribution < -0.4 is 10.1 Å². The van der Waals surface area contributed by atoms with Crippen molar-refractivity contribution in [3.63, 3.8) is 0 Å². The monoisotopic (exact) mass is 322 g/mol. The Balaban J connectivity index is 1.78. The number of hydrogen-bond acceptors (Lipinski definition) is 3. The first-order valence-corrected chi connectivity index (χ1v) is 7.21. The SMILES string of the molecule is C[C@@H](NC(=O)CCOc1ccc(F)cc1Cl)c1cccnc1. The van der Waals surface area contributed by atoms with Crippen LogP contribution in [-0.4, -0.2) is 17.5 Å². The van der Waals surface area contributed by atoms with Crippen molar-refractivity contribution < 1.29 is 13.9 Å². The molecule has 116 valence electrons. The number of nitrogens with zero attached hydrogens (tertiary/aromatic N) is 1. The minimum Gasteiger partial charge on any atom is -0.491 e. The highest BCUT2D eigenvalue weighted by molar-refractivity contribution is 6.32. The highest BCUT2D eigenvalue weighted by atomic mass is 35.5. The van der Waals surface area contributed by atoms with Gasteiger partial charge in [0.05, 0.1) is 24.1 Å². The topological polar surface area (TPSA) is 51.2 Å². The molecule has 1 atom stereocenters. The van der Waals surface area contributed by atoms with Crippen LogP contribution in [0.5, 0.6) is 5.75 Å². The lowest BCUT2D eigenvalue weighted by molar-refractivity contribution is -0.122. The summed E-state index contributed by atoms with van der Waals surface area (Å²) in [7, 11) is 0. The molecule has 4 nitrogen and oxygen atoms in total. The van der Waals surface area contributed by atoms with E-state index in [1.807, 2.05) is 19.1 Å². The summed E-state index contributed by atoms with van der Waals surface area (Å²) >= 11 is 5.84. The molecule has 0 saturated heterocycles. The number of nitrogens with one attached hydrogen (secondary N) is 1. The summed E-state index contributed by atoms with van der Waals surface area (Å²) < 4.78 is 18.3. The van der Waals surface area contributed by atoms with Crippen molar-refractivity contribution in [2.75, 3.05) is 6.61 Å². The van der Waals surface area contributed by atoms with E-state index in [4.69, 9.17) is 16.3 Å². The molecule has 1 amide bonds. The molecule has 0 aliphatic rings. The van der Waals surface area contributed by atoms with Crippen molar-refractivity contribution in [2.45, 2.75) is 19.4 Å². The molecule has 0 fully saturated rings. The van der Waals surface area contributed by atoms with Crippen molar-refractivity contribution in [1.82, 2.24) is 10.3 Å². The second-order valence-corrected chi connectivity index (χ2v) is 5.16. The number of benzene rings is 1. The van der Waals surface area contributed by atoms with E-state index in [1.54, 1.807) is 12.4 Å². The van der Waals surface area contributed by atoms with Gasteiger partial charge in [0.2, 0.25) is 5.91 Å². The molecule has 0 aliphatic carbocycles. The van der Waals surface area contributed by atoms with Gasteiger partial charge in [0.25, 0.3) is 0 Å². The predicted molar refractivity (Wildman–Crippen MR) is 82.3 cm³/mol. The van der Waals surface area contributed by atoms with E-state index in [2.05, 4.69) is 10.3 Å². The molecule has 6 heteroatoms. The largest absolute Gasteiger partial charge is 0.491 e. The number of aromatic nitrogens is 1. The molecule has 0 bridgehead atoms. The van der Waals surface area contributed by atoms with Gasteiger partial charge in [0, 0.05) is 12.4 Å². The lowest BCUT2D eigenvalue weighted by Gasteiger charge is -2.14. The van der Waals surface area contributed by atoms with Crippen LogP contribution in [0.15, 0.2) is 42.7 Å². The highest BCUT2D eigenvalue weighted by Gasteiger charge is 2.10. The summed E-state index contributed by atoms with van der Waals surface area (Å²) in [6, 6.07) is 7.45. The van der Waals surface area contributed by atoms with Crippen LogP contribution in [0.1, 0.15) is 24.9 Å². The summed E-state index contributed by atoms with van der Waals surface area (Å²) in [5, 5.41) is 3.04. The van der Waals surface area contributed by atoms with E-state index in [-0.39, 0.29) is 30.0 Å². The molecule has 1 aromatic carbocycles. The van der Waals surface area contributed by atoms with Crippen LogP contribution in [0.3, 0.4) is 0 Å². The summed E-state index contributed by atoms with van der Waals surface area (Å²) in [5.74, 6) is -0.217. The number of pyridine rings is 1. The zero-order valence-electron chi connectivity index (χ0n) is 12.1. The third-order valence-corrected chi connectivity index (χ3v) is 3.34. The summed E-state index contributed by atoms with van der Waals surface area (Å²) in [4.78, 5) is 15.9. The average molecular weight is 323 g/mol. The van der Waals surface area contributed by atoms with Crippen LogP contribution in [0.4, 0.5) is 4.39 Å². The Bertz CT molecular complexity index is 637. The smallest absolute Gasteiger partial charge is 0.223 e. The van der Waals surface area contributed by atoms with Gasteiger partial charge in [-0.1, -0.05) is 17.7 Å². The first-order valence-electron chi connectivity index (χ1n) is 6.83. The fraction of sp³-hybridized carbons (Fsp3) is 0.250. The van der Waals surface area contributed by atoms with Crippen molar-refractivity contribution in [3.8, 4) is 5.75 Å². The molecule has 1 aromatic heterocycles. The maximum atomic E-state index is 12.9. The van der Waals surface area contributed by atoms with Crippen molar-refractivity contribution in [2.24, 2.45) is 0 Å². The van der Waals surface area contributed by atoms with Crippen molar-refractivity contribution in [3.05, 3.63) is 59.1 Å². The first kappa shape index (κ1) is 16.2. The Morgan fingerprint density at radius 2 is 2.27 bits per heavy atom. The minimum atomic E-state index is -0.430. The molecule has 0 saturated carbocycles. The molecule has 1 heterocycles. The summed E-state index contributed by atoms with van der Waals surface area (Å²) in [6.07, 6.45) is 3.57. The maximum Gasteiger partial charge on any atom is 0.223 e. The average Bonchev–Trinajstić information content (AvgIpc) is 2.50. The predicted octanol–water partition coefficient (Wildman–Crippen LogP) is 3.52. The van der Waals surface area contributed by atoms with Crippen LogP contribution in [-0.2, 0) is 4.79 Å². The Morgan fingerprint density at radius 1 is 1.45 bits per heavy atom. The van der Waals surface area contributed by atoms with Crippen molar-refractivity contribution >= 4 is 17.5 Å². The number of hydrogen-bond donors (Lipinski definition) is 1. The van der Waals surface area contributed by atoms with Crippen LogP contribution in [0.25, 0.3) is 0 Å². The molecular formula is C16H16ClFN2O2. The van der Waals surface area contributed by atoms with Gasteiger partial charge in [-0.2, -0.15) is 0 Å². The van der Waals surface area contributed by atoms with Crippen molar-refractivity contribution in [1.29, 1.82) is 0 Å². The second-order valence-electron chi connectivity index (χ2n) is 4.75. The molecule has 0 unspecified atom stereocenters. The van der Waals surface area contributed by atoms with Gasteiger partial charge in [0.1, 0.15) is 11.6 Å². The first-order chi connectivity index (χ1) is 10.6.